The van der Waals surface area contributed by atoms with Crippen LogP contribution in [0.15, 0.2) is 54.6 Å². The molecule has 20 heavy (non-hydrogen) atoms. The van der Waals surface area contributed by atoms with Crippen LogP contribution in [0.4, 0.5) is 5.69 Å². The van der Waals surface area contributed by atoms with Crippen LogP contribution < -0.4 is 4.90 Å². The van der Waals surface area contributed by atoms with Gasteiger partial charge in [0.2, 0.25) is 0 Å². The second-order valence-corrected chi connectivity index (χ2v) is 5.01. The third-order valence-corrected chi connectivity index (χ3v) is 3.58. The van der Waals surface area contributed by atoms with Gasteiger partial charge >= 0.3 is 0 Å². The molecule has 1 heteroatoms. The molecule has 1 aliphatic rings. The molecule has 0 bridgehead atoms. The molecule has 97 valence electrons. The van der Waals surface area contributed by atoms with Crippen molar-refractivity contribution in [2.45, 2.75) is 18.9 Å². The van der Waals surface area contributed by atoms with Crippen LogP contribution in [0.2, 0.25) is 0 Å². The number of anilines is 1. The molecule has 1 heterocycles. The van der Waals surface area contributed by atoms with E-state index >= 15 is 0 Å². The van der Waals surface area contributed by atoms with Gasteiger partial charge in [-0.25, -0.2) is 0 Å². The Labute approximate surface area is 121 Å². The molecule has 2 aromatic rings. The Morgan fingerprint density at radius 3 is 2.15 bits per heavy atom. The van der Waals surface area contributed by atoms with Gasteiger partial charge in [0.1, 0.15) is 0 Å². The predicted octanol–water partition coefficient (Wildman–Crippen LogP) is 3.64. The van der Waals surface area contributed by atoms with Crippen molar-refractivity contribution >= 4 is 5.69 Å². The number of benzene rings is 2. The third-order valence-electron chi connectivity index (χ3n) is 3.58. The third kappa shape index (κ3) is 2.86. The van der Waals surface area contributed by atoms with Gasteiger partial charge in [0, 0.05) is 36.3 Å². The molecular formula is C19H16N. The fourth-order valence-electron chi connectivity index (χ4n) is 2.48. The van der Waals surface area contributed by atoms with Crippen molar-refractivity contribution in [2.75, 3.05) is 11.4 Å². The summed E-state index contributed by atoms with van der Waals surface area (Å²) in [4.78, 5) is 2.15. The lowest BCUT2D eigenvalue weighted by Gasteiger charge is -2.23. The summed E-state index contributed by atoms with van der Waals surface area (Å²) in [6.07, 6.45) is 2.08. The number of rotatable bonds is 1. The van der Waals surface area contributed by atoms with E-state index in [1.165, 1.54) is 0 Å². The summed E-state index contributed by atoms with van der Waals surface area (Å²) >= 11 is 0. The monoisotopic (exact) mass is 258 g/mol. The molecule has 1 atom stereocenters. The van der Waals surface area contributed by atoms with Crippen LogP contribution in [0.3, 0.4) is 0 Å². The average molecular weight is 258 g/mol. The minimum atomic E-state index is -0.0868. The van der Waals surface area contributed by atoms with Crippen LogP contribution >= 0.6 is 0 Å². The zero-order valence-electron chi connectivity index (χ0n) is 11.3. The number of hydrogen-bond donors (Lipinski definition) is 0. The van der Waals surface area contributed by atoms with Crippen LogP contribution in [0.1, 0.15) is 24.0 Å². The van der Waals surface area contributed by atoms with Gasteiger partial charge < -0.3 is 4.90 Å². The van der Waals surface area contributed by atoms with E-state index in [9.17, 15) is 0 Å². The molecule has 1 fully saturated rings. The summed E-state index contributed by atoms with van der Waals surface area (Å²) in [5.41, 5.74) is 3.17. The van der Waals surface area contributed by atoms with Crippen molar-refractivity contribution in [1.82, 2.24) is 0 Å². The van der Waals surface area contributed by atoms with Crippen molar-refractivity contribution in [3.8, 4) is 11.8 Å². The van der Waals surface area contributed by atoms with Gasteiger partial charge in [0.25, 0.3) is 0 Å². The molecule has 0 amide bonds. The highest BCUT2D eigenvalue weighted by molar-refractivity contribution is 5.53. The topological polar surface area (TPSA) is 3.24 Å². The van der Waals surface area contributed by atoms with Gasteiger partial charge in [-0.3, -0.25) is 0 Å². The van der Waals surface area contributed by atoms with E-state index in [4.69, 9.17) is 6.92 Å². The first-order valence-corrected chi connectivity index (χ1v) is 6.98. The van der Waals surface area contributed by atoms with Gasteiger partial charge in [0.05, 0.1) is 0 Å². The maximum atomic E-state index is 7.97. The Balaban J connectivity index is 1.75. The largest absolute Gasteiger partial charge is 0.368 e. The smallest absolute Gasteiger partial charge is 0.0369 e. The summed E-state index contributed by atoms with van der Waals surface area (Å²) in [6.45, 7) is 8.96. The highest BCUT2D eigenvalue weighted by atomic mass is 15.2. The van der Waals surface area contributed by atoms with Gasteiger partial charge in [-0.15, -0.1) is 0 Å². The molecule has 3 rings (SSSR count). The van der Waals surface area contributed by atoms with Gasteiger partial charge in [0.15, 0.2) is 0 Å². The van der Waals surface area contributed by atoms with E-state index in [1.54, 1.807) is 0 Å². The fraction of sp³-hybridized carbons (Fsp3) is 0.211. The van der Waals surface area contributed by atoms with Crippen LogP contribution in [-0.2, 0) is 0 Å². The van der Waals surface area contributed by atoms with Crippen molar-refractivity contribution in [1.29, 1.82) is 0 Å². The Hall–Kier alpha value is -2.20. The van der Waals surface area contributed by atoms with Crippen molar-refractivity contribution < 1.29 is 0 Å². The van der Waals surface area contributed by atoms with Crippen LogP contribution in [0, 0.1) is 18.8 Å². The van der Waals surface area contributed by atoms with Crippen LogP contribution in [0.25, 0.3) is 0 Å². The van der Waals surface area contributed by atoms with E-state index < -0.39 is 0 Å². The van der Waals surface area contributed by atoms with E-state index in [1.807, 2.05) is 42.5 Å². The Morgan fingerprint density at radius 2 is 1.55 bits per heavy atom. The highest BCUT2D eigenvalue weighted by Gasteiger charge is 2.20. The Kier molecular flexibility index (Phi) is 3.74. The number of nitrogens with zero attached hydrogens (tertiary/aromatic N) is 1. The summed E-state index contributed by atoms with van der Waals surface area (Å²) in [5.74, 6) is 6.33. The zero-order valence-corrected chi connectivity index (χ0v) is 11.3. The molecule has 1 unspecified atom stereocenters. The predicted molar refractivity (Wildman–Crippen MR) is 82.5 cm³/mol. The second-order valence-electron chi connectivity index (χ2n) is 5.01. The van der Waals surface area contributed by atoms with Gasteiger partial charge in [-0.1, -0.05) is 30.0 Å². The summed E-state index contributed by atoms with van der Waals surface area (Å²) in [5, 5.41) is 0. The molecule has 3 radical (unpaired) electrons. The molecule has 2 aromatic carbocycles. The van der Waals surface area contributed by atoms with Crippen LogP contribution in [-0.4, -0.2) is 12.6 Å². The lowest BCUT2D eigenvalue weighted by molar-refractivity contribution is 0.802. The first-order valence-electron chi connectivity index (χ1n) is 6.98. The second kappa shape index (κ2) is 5.84. The molecule has 1 nitrogen and oxygen atoms in total. The molecule has 0 N–H and O–H groups in total. The zero-order chi connectivity index (χ0) is 13.8. The Bertz CT molecular complexity index is 616. The molecular weight excluding hydrogens is 242 g/mol. The lowest BCUT2D eigenvalue weighted by atomic mass is 10.1. The quantitative estimate of drug-likeness (QED) is 0.706. The molecule has 0 aliphatic carbocycles. The first-order chi connectivity index (χ1) is 9.83. The number of hydrogen-bond acceptors (Lipinski definition) is 1. The maximum Gasteiger partial charge on any atom is 0.0369 e. The summed E-state index contributed by atoms with van der Waals surface area (Å²) in [7, 11) is 0. The Morgan fingerprint density at radius 1 is 0.900 bits per heavy atom. The first kappa shape index (κ1) is 12.8. The molecule has 0 saturated carbocycles. The summed E-state index contributed by atoms with van der Waals surface area (Å²) in [6, 6.07) is 18.1. The summed E-state index contributed by atoms with van der Waals surface area (Å²) < 4.78 is 0. The van der Waals surface area contributed by atoms with Gasteiger partial charge in [-0.2, -0.15) is 0 Å². The molecule has 1 saturated heterocycles. The van der Waals surface area contributed by atoms with Crippen molar-refractivity contribution in [3.05, 3.63) is 72.6 Å². The lowest BCUT2D eigenvalue weighted by Crippen LogP contribution is -2.26. The van der Waals surface area contributed by atoms with Gasteiger partial charge in [-0.05, 0) is 49.2 Å². The van der Waals surface area contributed by atoms with E-state index in [-0.39, 0.29) is 6.04 Å². The van der Waals surface area contributed by atoms with E-state index in [0.717, 1.165) is 36.2 Å². The molecule has 1 aliphatic heterocycles. The fourth-order valence-corrected chi connectivity index (χ4v) is 2.48. The molecule has 0 aromatic heterocycles. The minimum Gasteiger partial charge on any atom is -0.368 e. The normalized spacial score (nSPS) is 17.6. The highest BCUT2D eigenvalue weighted by Crippen LogP contribution is 2.24. The van der Waals surface area contributed by atoms with Crippen LogP contribution in [0.5, 0.6) is 0 Å². The minimum absolute atomic E-state index is 0.0868. The molecule has 0 spiro atoms. The SMILES string of the molecule is [C]C1CCCN1c1ccc(C#Cc2ccccc2)cc1. The average Bonchev–Trinajstić information content (AvgIpc) is 2.93. The van der Waals surface area contributed by atoms with Crippen molar-refractivity contribution in [3.63, 3.8) is 0 Å². The standard InChI is InChI=1S/C19H16N/c1-16-6-5-15-20(16)19-13-11-18(12-14-19)10-9-17-7-3-2-4-8-17/h2-4,7-8,11-14,16H,5-6,15H2. The van der Waals surface area contributed by atoms with E-state index in [2.05, 4.69) is 28.9 Å². The maximum absolute atomic E-state index is 7.97. The van der Waals surface area contributed by atoms with Crippen molar-refractivity contribution in [2.24, 2.45) is 0 Å². The van der Waals surface area contributed by atoms with E-state index in [0.29, 0.717) is 0 Å².